The molecule has 0 heterocycles. The zero-order valence-electron chi connectivity index (χ0n) is 11.6. The van der Waals surface area contributed by atoms with Gasteiger partial charge in [0.25, 0.3) is 0 Å². The lowest BCUT2D eigenvalue weighted by molar-refractivity contribution is 0.300. The van der Waals surface area contributed by atoms with Gasteiger partial charge in [0.15, 0.2) is 0 Å². The van der Waals surface area contributed by atoms with Crippen LogP contribution in [-0.4, -0.2) is 43.0 Å². The van der Waals surface area contributed by atoms with Crippen LogP contribution in [0.4, 0.5) is 0 Å². The van der Waals surface area contributed by atoms with Crippen molar-refractivity contribution in [1.82, 2.24) is 10.2 Å². The Morgan fingerprint density at radius 1 is 1.19 bits per heavy atom. The summed E-state index contributed by atoms with van der Waals surface area (Å²) in [6, 6.07) is 0. The molecule has 0 aliphatic carbocycles. The molecule has 0 aromatic rings. The Kier molecular flexibility index (Phi) is 8.43. The monoisotopic (exact) mass is 248 g/mol. The fourth-order valence-electron chi connectivity index (χ4n) is 1.77. The van der Waals surface area contributed by atoms with Gasteiger partial charge in [0.2, 0.25) is 0 Å². The van der Waals surface area contributed by atoms with Crippen LogP contribution >= 0.6 is 11.6 Å². The molecule has 0 aromatic heterocycles. The van der Waals surface area contributed by atoms with Gasteiger partial charge in [0.1, 0.15) is 0 Å². The molecule has 0 radical (unpaired) electrons. The molecule has 3 heteroatoms. The van der Waals surface area contributed by atoms with Gasteiger partial charge in [-0.2, -0.15) is 0 Å². The van der Waals surface area contributed by atoms with Gasteiger partial charge >= 0.3 is 0 Å². The predicted molar refractivity (Wildman–Crippen MR) is 74.4 cm³/mol. The highest BCUT2D eigenvalue weighted by Gasteiger charge is 2.16. The van der Waals surface area contributed by atoms with Crippen LogP contribution in [0.5, 0.6) is 0 Å². The Balaban J connectivity index is 3.51. The second-order valence-corrected chi connectivity index (χ2v) is 6.21. The van der Waals surface area contributed by atoms with E-state index in [1.54, 1.807) is 0 Å². The van der Waals surface area contributed by atoms with Crippen LogP contribution in [0.1, 0.15) is 41.0 Å². The number of rotatable bonds is 8. The highest BCUT2D eigenvalue weighted by atomic mass is 35.5. The molecule has 0 aliphatic rings. The van der Waals surface area contributed by atoms with E-state index in [2.05, 4.69) is 44.8 Å². The van der Waals surface area contributed by atoms with Crippen molar-refractivity contribution in [2.75, 3.05) is 32.7 Å². The molecule has 0 spiro atoms. The second-order valence-electron chi connectivity index (χ2n) is 5.59. The lowest BCUT2D eigenvalue weighted by atomic mass is 9.90. The first kappa shape index (κ1) is 16.2. The maximum atomic E-state index is 6.27. The molecule has 0 saturated carbocycles. The summed E-state index contributed by atoms with van der Waals surface area (Å²) in [4.78, 5) is 2.42. The summed E-state index contributed by atoms with van der Waals surface area (Å²) in [6.45, 7) is 16.4. The van der Waals surface area contributed by atoms with Crippen LogP contribution in [-0.2, 0) is 0 Å². The summed E-state index contributed by atoms with van der Waals surface area (Å²) in [5.74, 6) is 0. The SMILES string of the molecule is CCN(CC)CCNCC(Cl)CC(C)(C)C. The Hall–Kier alpha value is 0.210. The number of halogens is 1. The van der Waals surface area contributed by atoms with Crippen molar-refractivity contribution < 1.29 is 0 Å². The molecule has 0 aliphatic heterocycles. The summed E-state index contributed by atoms with van der Waals surface area (Å²) in [5, 5.41) is 3.68. The maximum Gasteiger partial charge on any atom is 0.0465 e. The van der Waals surface area contributed by atoms with Gasteiger partial charge in [0, 0.05) is 25.0 Å². The van der Waals surface area contributed by atoms with Crippen LogP contribution in [0, 0.1) is 5.41 Å². The number of nitrogens with zero attached hydrogens (tertiary/aromatic N) is 1. The minimum atomic E-state index is 0.247. The fourth-order valence-corrected chi connectivity index (χ4v) is 2.34. The van der Waals surface area contributed by atoms with E-state index in [0.29, 0.717) is 5.41 Å². The van der Waals surface area contributed by atoms with Gasteiger partial charge in [-0.15, -0.1) is 11.6 Å². The third kappa shape index (κ3) is 9.44. The molecule has 16 heavy (non-hydrogen) atoms. The van der Waals surface area contributed by atoms with Crippen molar-refractivity contribution in [3.05, 3.63) is 0 Å². The molecule has 0 aromatic carbocycles. The van der Waals surface area contributed by atoms with E-state index in [1.165, 1.54) is 0 Å². The number of nitrogens with one attached hydrogen (secondary N) is 1. The molecule has 1 atom stereocenters. The summed E-state index contributed by atoms with van der Waals surface area (Å²) in [5.41, 5.74) is 0.326. The molecule has 1 unspecified atom stereocenters. The Labute approximate surface area is 107 Å². The zero-order chi connectivity index (χ0) is 12.6. The van der Waals surface area contributed by atoms with Crippen molar-refractivity contribution in [1.29, 1.82) is 0 Å². The summed E-state index contributed by atoms with van der Waals surface area (Å²) < 4.78 is 0. The third-order valence-electron chi connectivity index (χ3n) is 2.70. The molecular weight excluding hydrogens is 220 g/mol. The average molecular weight is 249 g/mol. The Morgan fingerprint density at radius 3 is 2.19 bits per heavy atom. The minimum Gasteiger partial charge on any atom is -0.314 e. The van der Waals surface area contributed by atoms with E-state index in [1.807, 2.05) is 0 Å². The van der Waals surface area contributed by atoms with Gasteiger partial charge in [-0.05, 0) is 24.9 Å². The third-order valence-corrected chi connectivity index (χ3v) is 3.01. The normalized spacial score (nSPS) is 14.4. The van der Waals surface area contributed by atoms with Crippen molar-refractivity contribution in [2.45, 2.75) is 46.4 Å². The number of hydrogen-bond acceptors (Lipinski definition) is 2. The smallest absolute Gasteiger partial charge is 0.0465 e. The summed E-state index contributed by atoms with van der Waals surface area (Å²) in [7, 11) is 0. The molecule has 0 amide bonds. The van der Waals surface area contributed by atoms with Gasteiger partial charge in [0.05, 0.1) is 0 Å². The zero-order valence-corrected chi connectivity index (χ0v) is 12.4. The van der Waals surface area contributed by atoms with Crippen molar-refractivity contribution in [2.24, 2.45) is 5.41 Å². The highest BCUT2D eigenvalue weighted by molar-refractivity contribution is 6.20. The van der Waals surface area contributed by atoms with Crippen LogP contribution in [0.25, 0.3) is 0 Å². The molecule has 0 bridgehead atoms. The summed E-state index contributed by atoms with van der Waals surface area (Å²) in [6.07, 6.45) is 1.06. The lowest BCUT2D eigenvalue weighted by Gasteiger charge is -2.23. The number of likely N-dealkylation sites (N-methyl/N-ethyl adjacent to an activating group) is 1. The predicted octanol–water partition coefficient (Wildman–Crippen LogP) is 2.96. The quantitative estimate of drug-likeness (QED) is 0.525. The van der Waals surface area contributed by atoms with Crippen molar-refractivity contribution in [3.63, 3.8) is 0 Å². The van der Waals surface area contributed by atoms with Crippen molar-refractivity contribution in [3.8, 4) is 0 Å². The van der Waals surface area contributed by atoms with Crippen LogP contribution in [0.15, 0.2) is 0 Å². The van der Waals surface area contributed by atoms with E-state index in [4.69, 9.17) is 11.6 Å². The number of alkyl halides is 1. The molecule has 0 saturated heterocycles. The first-order valence-corrected chi connectivity index (χ1v) is 6.89. The highest BCUT2D eigenvalue weighted by Crippen LogP contribution is 2.22. The van der Waals surface area contributed by atoms with E-state index in [0.717, 1.165) is 39.1 Å². The van der Waals surface area contributed by atoms with E-state index < -0.39 is 0 Å². The molecule has 2 nitrogen and oxygen atoms in total. The van der Waals surface area contributed by atoms with Crippen LogP contribution < -0.4 is 5.32 Å². The molecule has 98 valence electrons. The molecular formula is C13H29ClN2. The molecule has 0 rings (SSSR count). The van der Waals surface area contributed by atoms with Gasteiger partial charge < -0.3 is 10.2 Å². The van der Waals surface area contributed by atoms with Crippen LogP contribution in [0.2, 0.25) is 0 Å². The molecule has 1 N–H and O–H groups in total. The Bertz CT molecular complexity index is 162. The van der Waals surface area contributed by atoms with Gasteiger partial charge in [-0.1, -0.05) is 34.6 Å². The fraction of sp³-hybridized carbons (Fsp3) is 1.00. The standard InChI is InChI=1S/C13H29ClN2/c1-6-16(7-2)9-8-15-11-12(14)10-13(3,4)5/h12,15H,6-11H2,1-5H3. The Morgan fingerprint density at radius 2 is 1.75 bits per heavy atom. The first-order valence-electron chi connectivity index (χ1n) is 6.46. The van der Waals surface area contributed by atoms with Crippen molar-refractivity contribution >= 4 is 11.6 Å². The first-order chi connectivity index (χ1) is 7.39. The molecule has 0 fully saturated rings. The van der Waals surface area contributed by atoms with Gasteiger partial charge in [-0.25, -0.2) is 0 Å². The van der Waals surface area contributed by atoms with E-state index in [9.17, 15) is 0 Å². The largest absolute Gasteiger partial charge is 0.314 e. The van der Waals surface area contributed by atoms with Crippen LogP contribution in [0.3, 0.4) is 0 Å². The van der Waals surface area contributed by atoms with E-state index >= 15 is 0 Å². The number of hydrogen-bond donors (Lipinski definition) is 1. The second kappa shape index (κ2) is 8.32. The van der Waals surface area contributed by atoms with Gasteiger partial charge in [-0.3, -0.25) is 0 Å². The summed E-state index contributed by atoms with van der Waals surface area (Å²) >= 11 is 6.27. The minimum absolute atomic E-state index is 0.247. The average Bonchev–Trinajstić information content (AvgIpc) is 2.15. The van der Waals surface area contributed by atoms with E-state index in [-0.39, 0.29) is 5.38 Å². The lowest BCUT2D eigenvalue weighted by Crippen LogP contribution is -2.35. The topological polar surface area (TPSA) is 15.3 Å². The maximum absolute atomic E-state index is 6.27.